The first-order chi connectivity index (χ1) is 26.7. The second-order valence-electron chi connectivity index (χ2n) is 13.9. The fourth-order valence-corrected chi connectivity index (χ4v) is 7.20. The van der Waals surface area contributed by atoms with E-state index in [2.05, 4.69) is 149 Å². The van der Waals surface area contributed by atoms with Gasteiger partial charge in [0, 0.05) is 60.8 Å². The quantitative estimate of drug-likeness (QED) is 0.126. The van der Waals surface area contributed by atoms with E-state index < -0.39 is 0 Å². The largest absolute Gasteiger partial charge is 0.286 e. The molecule has 0 atom stereocenters. The normalized spacial score (nSPS) is 11.7. The molecule has 0 N–H and O–H groups in total. The standard InChI is InChI=1S/C47H39N7/c1-5-16-44-34(10-1)20-24-40(49-44)30-53(31-41-25-21-35-11-2-6-17-45(35)50-41)28-38-14-9-15-39(48-38)29-54(32-42-26-22-36-12-3-7-18-46(36)51-42)33-43-27-23-37-13-4-8-19-47(37)52-43/h1-27H,28-33H2. The van der Waals surface area contributed by atoms with Crippen LogP contribution in [-0.4, -0.2) is 34.7 Å². The maximum Gasteiger partial charge on any atom is 0.0705 e. The van der Waals surface area contributed by atoms with Crippen molar-refractivity contribution in [3.05, 3.63) is 198 Å². The number of nitrogens with zero attached hydrogens (tertiary/aromatic N) is 7. The van der Waals surface area contributed by atoms with Gasteiger partial charge in [0.2, 0.25) is 0 Å². The summed E-state index contributed by atoms with van der Waals surface area (Å²) in [6.45, 7) is 3.96. The third-order valence-electron chi connectivity index (χ3n) is 9.80. The summed E-state index contributed by atoms with van der Waals surface area (Å²) in [5, 5.41) is 4.56. The molecule has 0 saturated carbocycles. The highest BCUT2D eigenvalue weighted by Crippen LogP contribution is 2.21. The van der Waals surface area contributed by atoms with E-state index in [1.807, 2.05) is 24.3 Å². The van der Waals surface area contributed by atoms with Gasteiger partial charge >= 0.3 is 0 Å². The van der Waals surface area contributed by atoms with Gasteiger partial charge in [-0.05, 0) is 60.7 Å². The lowest BCUT2D eigenvalue weighted by atomic mass is 10.1. The van der Waals surface area contributed by atoms with Gasteiger partial charge in [0.25, 0.3) is 0 Å². The van der Waals surface area contributed by atoms with E-state index in [0.717, 1.165) is 77.8 Å². The molecule has 0 fully saturated rings. The molecule has 0 unspecified atom stereocenters. The molecule has 0 bridgehead atoms. The highest BCUT2D eigenvalue weighted by atomic mass is 15.2. The number of hydrogen-bond acceptors (Lipinski definition) is 7. The lowest BCUT2D eigenvalue weighted by molar-refractivity contribution is 0.232. The third-order valence-corrected chi connectivity index (χ3v) is 9.80. The Morgan fingerprint density at radius 3 is 0.796 bits per heavy atom. The van der Waals surface area contributed by atoms with Crippen LogP contribution in [-0.2, 0) is 39.3 Å². The van der Waals surface area contributed by atoms with E-state index in [9.17, 15) is 0 Å². The Morgan fingerprint density at radius 2 is 0.500 bits per heavy atom. The van der Waals surface area contributed by atoms with E-state index >= 15 is 0 Å². The molecule has 0 aliphatic carbocycles. The summed E-state index contributed by atoms with van der Waals surface area (Å²) < 4.78 is 0. The number of para-hydroxylation sites is 4. The molecular weight excluding hydrogens is 663 g/mol. The molecule has 0 radical (unpaired) electrons. The van der Waals surface area contributed by atoms with Crippen LogP contribution in [0, 0.1) is 0 Å². The lowest BCUT2D eigenvalue weighted by Gasteiger charge is -2.24. The van der Waals surface area contributed by atoms with E-state index in [-0.39, 0.29) is 0 Å². The molecule has 0 amide bonds. The maximum absolute atomic E-state index is 5.25. The van der Waals surface area contributed by atoms with Crippen LogP contribution in [0.1, 0.15) is 34.2 Å². The molecule has 9 aromatic rings. The van der Waals surface area contributed by atoms with Gasteiger partial charge in [-0.25, -0.2) is 0 Å². The highest BCUT2D eigenvalue weighted by molar-refractivity contribution is 5.80. The molecule has 54 heavy (non-hydrogen) atoms. The summed E-state index contributed by atoms with van der Waals surface area (Å²) in [4.78, 5) is 30.1. The van der Waals surface area contributed by atoms with Gasteiger partial charge in [-0.15, -0.1) is 0 Å². The number of fused-ring (bicyclic) bond motifs is 4. The minimum Gasteiger partial charge on any atom is -0.286 e. The molecule has 0 aliphatic rings. The van der Waals surface area contributed by atoms with E-state index in [1.54, 1.807) is 0 Å². The minimum absolute atomic E-state index is 0.648. The van der Waals surface area contributed by atoms with Crippen molar-refractivity contribution in [2.75, 3.05) is 0 Å². The first-order valence-corrected chi connectivity index (χ1v) is 18.5. The van der Waals surface area contributed by atoms with Crippen molar-refractivity contribution in [3.63, 3.8) is 0 Å². The zero-order chi connectivity index (χ0) is 36.1. The Kier molecular flexibility index (Phi) is 9.46. The summed E-state index contributed by atoms with van der Waals surface area (Å²) >= 11 is 0. The third kappa shape index (κ3) is 7.83. The van der Waals surface area contributed by atoms with Gasteiger partial charge in [-0.1, -0.05) is 103 Å². The predicted molar refractivity (Wildman–Crippen MR) is 217 cm³/mol. The average Bonchev–Trinajstić information content (AvgIpc) is 3.21. The Morgan fingerprint density at radius 1 is 0.241 bits per heavy atom. The highest BCUT2D eigenvalue weighted by Gasteiger charge is 2.16. The number of aromatic nitrogens is 5. The van der Waals surface area contributed by atoms with Crippen LogP contribution in [0.4, 0.5) is 0 Å². The molecule has 0 spiro atoms. The first kappa shape index (κ1) is 33.4. The second-order valence-corrected chi connectivity index (χ2v) is 13.9. The maximum atomic E-state index is 5.25. The molecule has 5 aromatic heterocycles. The molecule has 7 nitrogen and oxygen atoms in total. The number of benzene rings is 4. The van der Waals surface area contributed by atoms with Crippen LogP contribution in [0.2, 0.25) is 0 Å². The molecular formula is C47H39N7. The van der Waals surface area contributed by atoms with Crippen LogP contribution in [0.5, 0.6) is 0 Å². The molecule has 262 valence electrons. The van der Waals surface area contributed by atoms with Crippen molar-refractivity contribution < 1.29 is 0 Å². The SMILES string of the molecule is c1cc(CN(Cc2ccc3ccccc3n2)Cc2ccc3ccccc3n2)nc(CN(Cc2ccc3ccccc3n2)Cc2ccc3ccccc3n2)c1. The van der Waals surface area contributed by atoms with Crippen LogP contribution in [0.3, 0.4) is 0 Å². The molecule has 0 aliphatic heterocycles. The summed E-state index contributed by atoms with van der Waals surface area (Å²) in [7, 11) is 0. The monoisotopic (exact) mass is 701 g/mol. The van der Waals surface area contributed by atoms with E-state index in [0.29, 0.717) is 39.3 Å². The van der Waals surface area contributed by atoms with Crippen LogP contribution in [0.25, 0.3) is 43.6 Å². The lowest BCUT2D eigenvalue weighted by Crippen LogP contribution is -2.26. The van der Waals surface area contributed by atoms with Crippen molar-refractivity contribution in [2.45, 2.75) is 39.3 Å². The van der Waals surface area contributed by atoms with Crippen molar-refractivity contribution >= 4 is 43.6 Å². The molecule has 5 heterocycles. The van der Waals surface area contributed by atoms with Crippen molar-refractivity contribution in [1.29, 1.82) is 0 Å². The summed E-state index contributed by atoms with van der Waals surface area (Å²) in [5.41, 5.74) is 10.1. The van der Waals surface area contributed by atoms with Crippen LogP contribution >= 0.6 is 0 Å². The second kappa shape index (κ2) is 15.3. The number of rotatable bonds is 12. The van der Waals surface area contributed by atoms with Crippen LogP contribution in [0.15, 0.2) is 164 Å². The average molecular weight is 702 g/mol. The van der Waals surface area contributed by atoms with E-state index in [4.69, 9.17) is 24.9 Å². The fraction of sp³-hybridized carbons (Fsp3) is 0.128. The van der Waals surface area contributed by atoms with Gasteiger partial charge in [0.15, 0.2) is 0 Å². The van der Waals surface area contributed by atoms with Gasteiger partial charge in [0.05, 0.1) is 56.2 Å². The molecule has 9 rings (SSSR count). The molecule has 0 saturated heterocycles. The minimum atomic E-state index is 0.648. The summed E-state index contributed by atoms with van der Waals surface area (Å²) in [6.07, 6.45) is 0. The van der Waals surface area contributed by atoms with E-state index in [1.165, 1.54) is 0 Å². The molecule has 4 aromatic carbocycles. The first-order valence-electron chi connectivity index (χ1n) is 18.5. The number of pyridine rings is 5. The summed E-state index contributed by atoms with van der Waals surface area (Å²) in [5.74, 6) is 0. The zero-order valence-corrected chi connectivity index (χ0v) is 30.0. The predicted octanol–water partition coefficient (Wildman–Crippen LogP) is 9.68. The van der Waals surface area contributed by atoms with Gasteiger partial charge in [-0.3, -0.25) is 34.7 Å². The van der Waals surface area contributed by atoms with Gasteiger partial charge < -0.3 is 0 Å². The van der Waals surface area contributed by atoms with Crippen molar-refractivity contribution in [1.82, 2.24) is 34.7 Å². The van der Waals surface area contributed by atoms with Crippen molar-refractivity contribution in [3.8, 4) is 0 Å². The van der Waals surface area contributed by atoms with Crippen LogP contribution < -0.4 is 0 Å². The Bertz CT molecular complexity index is 2380. The Labute approximate surface area is 314 Å². The van der Waals surface area contributed by atoms with Gasteiger partial charge in [0.1, 0.15) is 0 Å². The Hall–Kier alpha value is -6.41. The fourth-order valence-electron chi connectivity index (χ4n) is 7.20. The van der Waals surface area contributed by atoms with Crippen molar-refractivity contribution in [2.24, 2.45) is 0 Å². The topological polar surface area (TPSA) is 70.9 Å². The zero-order valence-electron chi connectivity index (χ0n) is 30.0. The number of hydrogen-bond donors (Lipinski definition) is 0. The Balaban J connectivity index is 0.997. The smallest absolute Gasteiger partial charge is 0.0705 e. The molecule has 7 heteroatoms. The summed E-state index contributed by atoms with van der Waals surface area (Å²) in [6, 6.07) is 56.6. The van der Waals surface area contributed by atoms with Gasteiger partial charge in [-0.2, -0.15) is 0 Å².